The minimum atomic E-state index is -0.779. The number of aromatic nitrogens is 3. The summed E-state index contributed by atoms with van der Waals surface area (Å²) < 4.78 is 17.6. The maximum Gasteiger partial charge on any atom is 0.408 e. The van der Waals surface area contributed by atoms with E-state index in [0.29, 0.717) is 60.7 Å². The number of piperidine rings is 1. The largest absolute Gasteiger partial charge is 0.484 e. The fourth-order valence-corrected chi connectivity index (χ4v) is 7.53. The van der Waals surface area contributed by atoms with Gasteiger partial charge in [-0.1, -0.05) is 41.6 Å². The Kier molecular flexibility index (Phi) is 9.64. The lowest BCUT2D eigenvalue weighted by Gasteiger charge is -2.46. The van der Waals surface area contributed by atoms with Gasteiger partial charge in [-0.3, -0.25) is 0 Å². The minimum absolute atomic E-state index is 0.114. The Hall–Kier alpha value is -3.81. The van der Waals surface area contributed by atoms with E-state index in [1.807, 2.05) is 68.7 Å². The van der Waals surface area contributed by atoms with Crippen molar-refractivity contribution in [1.29, 1.82) is 0 Å². The number of hydrogen-bond donors (Lipinski definition) is 2. The van der Waals surface area contributed by atoms with Gasteiger partial charge in [0.2, 0.25) is 0 Å². The zero-order chi connectivity index (χ0) is 35.1. The Balaban J connectivity index is 1.21. The van der Waals surface area contributed by atoms with Crippen LogP contribution in [0.1, 0.15) is 76.5 Å². The number of anilines is 2. The van der Waals surface area contributed by atoms with Crippen LogP contribution in [0.5, 0.6) is 5.75 Å². The van der Waals surface area contributed by atoms with Crippen LogP contribution in [0.15, 0.2) is 52.6 Å². The molecule has 0 saturated carbocycles. The molecule has 0 radical (unpaired) electrons. The Bertz CT molecular complexity index is 1720. The fraction of sp³-hybridized carbons (Fsp3) is 0.514. The average molecular weight is 711 g/mol. The van der Waals surface area contributed by atoms with Crippen LogP contribution < -0.4 is 19.9 Å². The molecule has 2 fully saturated rings. The molecule has 3 aromatic rings. The summed E-state index contributed by atoms with van der Waals surface area (Å²) in [5.41, 5.74) is -1.11. The number of amides is 1. The van der Waals surface area contributed by atoms with Crippen LogP contribution >= 0.6 is 23.4 Å². The molecule has 2 aromatic heterocycles. The molecule has 1 spiro atoms. The van der Waals surface area contributed by atoms with Crippen LogP contribution in [-0.4, -0.2) is 81.7 Å². The first-order valence-electron chi connectivity index (χ1n) is 16.5. The maximum atomic E-state index is 13.3. The molecular weight excluding hydrogens is 668 g/mol. The summed E-state index contributed by atoms with van der Waals surface area (Å²) >= 11 is 8.11. The molecule has 2 saturated heterocycles. The number of para-hydroxylation sites is 1. The van der Waals surface area contributed by atoms with Crippen LogP contribution in [0.4, 0.5) is 16.4 Å². The number of nitrogens with one attached hydrogen (secondary N) is 1. The summed E-state index contributed by atoms with van der Waals surface area (Å²) in [5.74, 6) is 1.35. The molecule has 3 aliphatic heterocycles. The summed E-state index contributed by atoms with van der Waals surface area (Å²) in [5, 5.41) is 14.4. The van der Waals surface area contributed by atoms with Crippen molar-refractivity contribution in [1.82, 2.24) is 20.3 Å². The second-order valence-corrected chi connectivity index (χ2v) is 15.6. The van der Waals surface area contributed by atoms with Crippen molar-refractivity contribution < 1.29 is 28.9 Å². The quantitative estimate of drug-likeness (QED) is 0.263. The molecule has 262 valence electrons. The molecule has 0 unspecified atom stereocenters. The Morgan fingerprint density at radius 1 is 1.08 bits per heavy atom. The van der Waals surface area contributed by atoms with Crippen molar-refractivity contribution in [2.24, 2.45) is 5.92 Å². The van der Waals surface area contributed by atoms with E-state index >= 15 is 0 Å². The molecule has 2 N–H and O–H groups in total. The van der Waals surface area contributed by atoms with Gasteiger partial charge in [-0.15, -0.1) is 0 Å². The van der Waals surface area contributed by atoms with Gasteiger partial charge in [0.05, 0.1) is 23.4 Å². The predicted octanol–water partition coefficient (Wildman–Crippen LogP) is 6.06. The van der Waals surface area contributed by atoms with E-state index in [1.165, 1.54) is 11.8 Å². The van der Waals surface area contributed by atoms with Gasteiger partial charge >= 0.3 is 12.1 Å². The second kappa shape index (κ2) is 13.5. The minimum Gasteiger partial charge on any atom is -0.484 e. The van der Waals surface area contributed by atoms with Crippen LogP contribution in [-0.2, 0) is 9.47 Å². The van der Waals surface area contributed by atoms with Gasteiger partial charge in [-0.05, 0) is 53.7 Å². The number of ether oxygens (including phenoxy) is 3. The number of halogens is 1. The SMILES string of the molecule is CCOC(=O)c1nc(Sc2ccnc(N3CC(C(C)(C)O)C3)c2Cl)cnc1N1CCC2(CC1)Oc1ccccc1[C@H]2NC(=O)OC(C)(C)C. The molecule has 49 heavy (non-hydrogen) atoms. The number of nitrogens with zero attached hydrogens (tertiary/aromatic N) is 5. The predicted molar refractivity (Wildman–Crippen MR) is 187 cm³/mol. The van der Waals surface area contributed by atoms with Gasteiger partial charge in [-0.2, -0.15) is 0 Å². The summed E-state index contributed by atoms with van der Waals surface area (Å²) in [6, 6.07) is 9.11. The van der Waals surface area contributed by atoms with Crippen LogP contribution in [0.2, 0.25) is 5.02 Å². The Labute approximate surface area is 295 Å². The first-order valence-corrected chi connectivity index (χ1v) is 17.7. The number of pyridine rings is 1. The van der Waals surface area contributed by atoms with E-state index in [1.54, 1.807) is 25.4 Å². The summed E-state index contributed by atoms with van der Waals surface area (Å²) in [6.07, 6.45) is 3.90. The van der Waals surface area contributed by atoms with Crippen LogP contribution in [0.3, 0.4) is 0 Å². The number of carbonyl (C=O) groups excluding carboxylic acids is 2. The lowest BCUT2D eigenvalue weighted by atomic mass is 9.82. The topological polar surface area (TPSA) is 139 Å². The summed E-state index contributed by atoms with van der Waals surface area (Å²) in [4.78, 5) is 44.9. The maximum absolute atomic E-state index is 13.3. The monoisotopic (exact) mass is 710 g/mol. The van der Waals surface area contributed by atoms with Gasteiger partial charge in [0, 0.05) is 61.6 Å². The standard InChI is InChI=1S/C35H43ClN6O6S/c1-7-46-31(43)27-30(38-18-25(39-27)49-24-12-15-37-29(26(24)36)42-19-21(20-42)34(5,6)45)41-16-13-35(14-17-41)28(40-32(44)48-33(2,3)4)22-10-8-9-11-23(22)47-35/h8-12,15,18,21,28,45H,7,13-14,16-17,19-20H2,1-6H3,(H,40,44)/t28-/m1/s1. The second-order valence-electron chi connectivity index (χ2n) is 14.2. The third kappa shape index (κ3) is 7.39. The number of hydrogen-bond acceptors (Lipinski definition) is 12. The van der Waals surface area contributed by atoms with E-state index in [4.69, 9.17) is 35.8 Å². The molecule has 1 amide bonds. The van der Waals surface area contributed by atoms with Crippen molar-refractivity contribution in [3.8, 4) is 5.75 Å². The van der Waals surface area contributed by atoms with Gasteiger partial charge in [0.15, 0.2) is 11.5 Å². The zero-order valence-corrected chi connectivity index (χ0v) is 30.2. The third-order valence-electron chi connectivity index (χ3n) is 9.07. The van der Waals surface area contributed by atoms with Gasteiger partial charge in [0.25, 0.3) is 0 Å². The molecule has 3 aliphatic rings. The molecule has 0 aliphatic carbocycles. The van der Waals surface area contributed by atoms with Gasteiger partial charge in [-0.25, -0.2) is 24.5 Å². The van der Waals surface area contributed by atoms with E-state index in [9.17, 15) is 14.7 Å². The fourth-order valence-electron chi connectivity index (χ4n) is 6.41. The normalized spacial score (nSPS) is 18.8. The van der Waals surface area contributed by atoms with Crippen molar-refractivity contribution in [3.63, 3.8) is 0 Å². The van der Waals surface area contributed by atoms with Crippen LogP contribution in [0, 0.1) is 5.92 Å². The van der Waals surface area contributed by atoms with E-state index in [-0.39, 0.29) is 18.2 Å². The molecule has 12 nitrogen and oxygen atoms in total. The highest BCUT2D eigenvalue weighted by molar-refractivity contribution is 7.99. The van der Waals surface area contributed by atoms with Crippen LogP contribution in [0.25, 0.3) is 0 Å². The molecule has 5 heterocycles. The molecule has 0 bridgehead atoms. The van der Waals surface area contributed by atoms with Crippen molar-refractivity contribution >= 4 is 47.1 Å². The molecule has 1 atom stereocenters. The lowest BCUT2D eigenvalue weighted by Crippen LogP contribution is -2.56. The van der Waals surface area contributed by atoms with Gasteiger partial charge < -0.3 is 34.4 Å². The van der Waals surface area contributed by atoms with Gasteiger partial charge in [0.1, 0.15) is 33.8 Å². The Morgan fingerprint density at radius 3 is 2.47 bits per heavy atom. The number of esters is 1. The highest BCUT2D eigenvalue weighted by Gasteiger charge is 2.51. The van der Waals surface area contributed by atoms with Crippen molar-refractivity contribution in [2.75, 3.05) is 42.6 Å². The number of aliphatic hydroxyl groups is 1. The highest BCUT2D eigenvalue weighted by Crippen LogP contribution is 2.49. The molecule has 6 rings (SSSR count). The van der Waals surface area contributed by atoms with Crippen molar-refractivity contribution in [2.45, 2.75) is 87.2 Å². The summed E-state index contributed by atoms with van der Waals surface area (Å²) in [6.45, 7) is 13.3. The summed E-state index contributed by atoms with van der Waals surface area (Å²) in [7, 11) is 0. The molecular formula is C35H43ClN6O6S. The number of alkyl carbamates (subject to hydrolysis) is 1. The van der Waals surface area contributed by atoms with E-state index in [2.05, 4.69) is 10.3 Å². The third-order valence-corrected chi connectivity index (χ3v) is 10.5. The Morgan fingerprint density at radius 2 is 1.80 bits per heavy atom. The smallest absolute Gasteiger partial charge is 0.408 e. The highest BCUT2D eigenvalue weighted by atomic mass is 35.5. The first-order chi connectivity index (χ1) is 23.2. The number of benzene rings is 1. The molecule has 14 heteroatoms. The first kappa shape index (κ1) is 35.0. The lowest BCUT2D eigenvalue weighted by molar-refractivity contribution is 0.00436. The number of carbonyl (C=O) groups is 2. The van der Waals surface area contributed by atoms with Crippen molar-refractivity contribution in [3.05, 3.63) is 59.0 Å². The zero-order valence-electron chi connectivity index (χ0n) is 28.7. The van der Waals surface area contributed by atoms with E-state index in [0.717, 1.165) is 16.2 Å². The van der Waals surface area contributed by atoms with E-state index < -0.39 is 34.9 Å². The molecule has 1 aromatic carbocycles. The average Bonchev–Trinajstić information content (AvgIpc) is 3.29. The number of fused-ring (bicyclic) bond motifs is 1. The number of rotatable bonds is 8.